The van der Waals surface area contributed by atoms with E-state index in [0.717, 1.165) is 37.9 Å². The predicted octanol–water partition coefficient (Wildman–Crippen LogP) is 4.30. The van der Waals surface area contributed by atoms with Crippen LogP contribution in [0.2, 0.25) is 0 Å². The van der Waals surface area contributed by atoms with E-state index >= 15 is 0 Å². The van der Waals surface area contributed by atoms with Gasteiger partial charge in [-0.05, 0) is 55.4 Å². The minimum Gasteiger partial charge on any atom is -0.451 e. The van der Waals surface area contributed by atoms with Gasteiger partial charge in [-0.2, -0.15) is 0 Å². The Labute approximate surface area is 170 Å². The molecule has 148 valence electrons. The van der Waals surface area contributed by atoms with Crippen molar-refractivity contribution >= 4 is 28.6 Å². The number of hydrogen-bond acceptors (Lipinski definition) is 4. The van der Waals surface area contributed by atoms with Crippen molar-refractivity contribution in [3.63, 3.8) is 0 Å². The van der Waals surface area contributed by atoms with Crippen LogP contribution in [0.25, 0.3) is 10.9 Å². The first-order valence-corrected chi connectivity index (χ1v) is 11.7. The Hall–Kier alpha value is -1.72. The van der Waals surface area contributed by atoms with E-state index in [9.17, 15) is 4.79 Å². The Morgan fingerprint density at radius 1 is 1.32 bits per heavy atom. The molecule has 0 N–H and O–H groups in total. The number of aromatic nitrogens is 1. The number of allylic oxidation sites excluding steroid dienone is 1. The summed E-state index contributed by atoms with van der Waals surface area (Å²) in [6.07, 6.45) is 8.47. The molecule has 4 nitrogen and oxygen atoms in total. The number of aryl methyl sites for hydroxylation is 1. The van der Waals surface area contributed by atoms with Crippen LogP contribution in [0.4, 0.5) is 0 Å². The molecule has 1 fully saturated rings. The number of piperidine rings is 1. The molecule has 3 heterocycles. The fourth-order valence-corrected chi connectivity index (χ4v) is 6.04. The first-order valence-electron chi connectivity index (χ1n) is 10.4. The average molecular weight is 397 g/mol. The second-order valence-corrected chi connectivity index (χ2v) is 9.19. The lowest BCUT2D eigenvalue weighted by Crippen LogP contribution is -2.48. The van der Waals surface area contributed by atoms with Gasteiger partial charge in [0.1, 0.15) is 5.94 Å². The largest absolute Gasteiger partial charge is 0.451 e. The van der Waals surface area contributed by atoms with E-state index in [4.69, 9.17) is 4.74 Å². The van der Waals surface area contributed by atoms with E-state index in [0.29, 0.717) is 23.8 Å². The minimum atomic E-state index is -0.0921. The smallest absolute Gasteiger partial charge is 0.334 e. The minimum absolute atomic E-state index is 0.0921. The molecule has 2 aliphatic heterocycles. The SMILES string of the molecule is CSCOC(=O)C1=CCCC2CN3CCc4c(n(C)c5ccccc45)C3CC12. The summed E-state index contributed by atoms with van der Waals surface area (Å²) in [5.74, 6) is 1.25. The van der Waals surface area contributed by atoms with Crippen molar-refractivity contribution in [1.82, 2.24) is 9.47 Å². The molecule has 0 radical (unpaired) electrons. The third-order valence-corrected chi connectivity index (χ3v) is 7.38. The highest BCUT2D eigenvalue weighted by molar-refractivity contribution is 7.98. The van der Waals surface area contributed by atoms with Crippen LogP contribution in [0.5, 0.6) is 0 Å². The second kappa shape index (κ2) is 7.27. The molecule has 3 atom stereocenters. The molecule has 3 unspecified atom stereocenters. The molecule has 5 rings (SSSR count). The molecule has 1 aliphatic carbocycles. The van der Waals surface area contributed by atoms with Gasteiger partial charge < -0.3 is 9.30 Å². The monoisotopic (exact) mass is 396 g/mol. The van der Waals surface area contributed by atoms with Crippen LogP contribution in [0.1, 0.15) is 36.6 Å². The lowest BCUT2D eigenvalue weighted by Gasteiger charge is -2.48. The van der Waals surface area contributed by atoms with Crippen LogP contribution in [-0.2, 0) is 23.0 Å². The topological polar surface area (TPSA) is 34.5 Å². The van der Waals surface area contributed by atoms with Crippen molar-refractivity contribution in [2.24, 2.45) is 18.9 Å². The summed E-state index contributed by atoms with van der Waals surface area (Å²) in [5.41, 5.74) is 5.25. The first kappa shape index (κ1) is 18.3. The summed E-state index contributed by atoms with van der Waals surface area (Å²) in [6.45, 7) is 2.23. The maximum absolute atomic E-state index is 12.7. The number of thioether (sulfide) groups is 1. The van der Waals surface area contributed by atoms with E-state index in [2.05, 4.69) is 46.9 Å². The summed E-state index contributed by atoms with van der Waals surface area (Å²) in [6, 6.07) is 9.18. The molecule has 0 bridgehead atoms. The van der Waals surface area contributed by atoms with Gasteiger partial charge >= 0.3 is 5.97 Å². The van der Waals surface area contributed by atoms with Crippen LogP contribution >= 0.6 is 11.8 Å². The van der Waals surface area contributed by atoms with Crippen molar-refractivity contribution in [1.29, 1.82) is 0 Å². The lowest BCUT2D eigenvalue weighted by atomic mass is 9.70. The van der Waals surface area contributed by atoms with Gasteiger partial charge in [0.2, 0.25) is 0 Å². The number of ether oxygens (including phenoxy) is 1. The Kier molecular flexibility index (Phi) is 4.76. The van der Waals surface area contributed by atoms with Crippen molar-refractivity contribution < 1.29 is 9.53 Å². The second-order valence-electron chi connectivity index (χ2n) is 8.38. The number of benzene rings is 1. The van der Waals surface area contributed by atoms with Gasteiger partial charge in [-0.25, -0.2) is 4.79 Å². The highest BCUT2D eigenvalue weighted by atomic mass is 32.2. The Balaban J connectivity index is 1.50. The fraction of sp³-hybridized carbons (Fsp3) is 0.522. The third-order valence-electron chi connectivity index (χ3n) is 7.03. The van der Waals surface area contributed by atoms with Gasteiger partial charge in [-0.1, -0.05) is 24.3 Å². The van der Waals surface area contributed by atoms with Gasteiger partial charge in [-0.3, -0.25) is 4.90 Å². The summed E-state index contributed by atoms with van der Waals surface area (Å²) < 4.78 is 7.90. The van der Waals surface area contributed by atoms with Crippen LogP contribution in [-0.4, -0.2) is 40.7 Å². The average Bonchev–Trinajstić information content (AvgIpc) is 3.03. The van der Waals surface area contributed by atoms with Gasteiger partial charge in [0.05, 0.1) is 6.04 Å². The van der Waals surface area contributed by atoms with Crippen molar-refractivity contribution in [2.75, 3.05) is 25.3 Å². The van der Waals surface area contributed by atoms with Crippen LogP contribution < -0.4 is 0 Å². The molecule has 1 aromatic carbocycles. The maximum Gasteiger partial charge on any atom is 0.334 e. The molecular formula is C23H28N2O2S. The van der Waals surface area contributed by atoms with Crippen LogP contribution in [0.15, 0.2) is 35.9 Å². The fourth-order valence-electron chi connectivity index (χ4n) is 5.81. The Morgan fingerprint density at radius 2 is 2.18 bits per heavy atom. The van der Waals surface area contributed by atoms with Gasteiger partial charge in [-0.15, -0.1) is 11.8 Å². The van der Waals surface area contributed by atoms with Gasteiger partial charge in [0, 0.05) is 42.3 Å². The number of fused-ring (bicyclic) bond motifs is 6. The molecule has 0 spiro atoms. The molecule has 28 heavy (non-hydrogen) atoms. The molecule has 0 amide bonds. The lowest BCUT2D eigenvalue weighted by molar-refractivity contribution is -0.138. The van der Waals surface area contributed by atoms with E-state index in [-0.39, 0.29) is 5.97 Å². The molecule has 2 aromatic rings. The van der Waals surface area contributed by atoms with Crippen molar-refractivity contribution in [3.05, 3.63) is 47.2 Å². The van der Waals surface area contributed by atoms with E-state index in [1.807, 2.05) is 6.26 Å². The van der Waals surface area contributed by atoms with E-state index in [1.54, 1.807) is 11.8 Å². The Bertz CT molecular complexity index is 947. The quantitative estimate of drug-likeness (QED) is 0.572. The number of hydrogen-bond donors (Lipinski definition) is 0. The number of esters is 1. The normalized spacial score (nSPS) is 26.9. The molecular weight excluding hydrogens is 368 g/mol. The highest BCUT2D eigenvalue weighted by Gasteiger charge is 2.44. The first-order chi connectivity index (χ1) is 13.7. The molecule has 5 heteroatoms. The Morgan fingerprint density at radius 3 is 3.04 bits per heavy atom. The summed E-state index contributed by atoms with van der Waals surface area (Å²) in [5, 5.41) is 1.40. The zero-order valence-corrected chi connectivity index (χ0v) is 17.5. The third kappa shape index (κ3) is 2.82. The van der Waals surface area contributed by atoms with Gasteiger partial charge in [0.25, 0.3) is 0 Å². The highest BCUT2D eigenvalue weighted by Crippen LogP contribution is 2.48. The zero-order chi connectivity index (χ0) is 19.3. The van der Waals surface area contributed by atoms with Gasteiger partial charge in [0.15, 0.2) is 0 Å². The predicted molar refractivity (Wildman–Crippen MR) is 114 cm³/mol. The van der Waals surface area contributed by atoms with Crippen LogP contribution in [0.3, 0.4) is 0 Å². The number of carbonyl (C=O) groups is 1. The van der Waals surface area contributed by atoms with Crippen molar-refractivity contribution in [3.8, 4) is 0 Å². The number of nitrogens with zero attached hydrogens (tertiary/aromatic N) is 2. The molecule has 1 saturated heterocycles. The number of para-hydroxylation sites is 1. The zero-order valence-electron chi connectivity index (χ0n) is 16.7. The summed E-state index contributed by atoms with van der Waals surface area (Å²) in [7, 11) is 2.21. The standard InChI is InChI=1S/C23H28N2O2S/c1-24-20-9-4-3-7-16(20)17-10-11-25-13-15-6-5-8-18(23(26)27-14-28-2)19(15)12-21(25)22(17)24/h3-4,7-9,15,19,21H,5-6,10-14H2,1-2H3. The number of rotatable bonds is 3. The summed E-state index contributed by atoms with van der Waals surface area (Å²) >= 11 is 1.55. The maximum atomic E-state index is 12.7. The summed E-state index contributed by atoms with van der Waals surface area (Å²) in [4.78, 5) is 15.4. The van der Waals surface area contributed by atoms with E-state index < -0.39 is 0 Å². The van der Waals surface area contributed by atoms with Crippen molar-refractivity contribution in [2.45, 2.75) is 31.7 Å². The molecule has 0 saturated carbocycles. The van der Waals surface area contributed by atoms with E-state index in [1.165, 1.54) is 28.6 Å². The number of carbonyl (C=O) groups excluding carboxylic acids is 1. The molecule has 1 aromatic heterocycles. The van der Waals surface area contributed by atoms with Crippen LogP contribution in [0, 0.1) is 11.8 Å². The molecule has 3 aliphatic rings.